The molecule has 0 aromatic heterocycles. The molecule has 2 N–H and O–H groups in total. The maximum atomic E-state index is 12.5. The summed E-state index contributed by atoms with van der Waals surface area (Å²) in [7, 11) is -3.77. The molecule has 1 fully saturated rings. The summed E-state index contributed by atoms with van der Waals surface area (Å²) in [6.07, 6.45) is 0. The van der Waals surface area contributed by atoms with E-state index in [0.717, 1.165) is 0 Å². The fraction of sp³-hybridized carbons (Fsp3) is 0.571. The van der Waals surface area contributed by atoms with Crippen LogP contribution in [0.1, 0.15) is 33.3 Å². The minimum atomic E-state index is -3.77. The van der Waals surface area contributed by atoms with E-state index in [4.69, 9.17) is 23.2 Å². The van der Waals surface area contributed by atoms with Crippen LogP contribution in [0.15, 0.2) is 17.0 Å². The van der Waals surface area contributed by atoms with Gasteiger partial charge in [-0.15, -0.1) is 0 Å². The standard InChI is InChI=1S/C14H19Cl2NO3S/c1-13(2)12(14(13,3)4)17-21(19,20)11-5-8(7-18)9(15)6-10(11)16/h5-6,12,17-18H,7H2,1-4H3. The Balaban J connectivity index is 2.38. The molecule has 1 aliphatic carbocycles. The third-order valence-electron chi connectivity index (χ3n) is 4.85. The Hall–Kier alpha value is -0.330. The van der Waals surface area contributed by atoms with Crippen LogP contribution in [0.3, 0.4) is 0 Å². The lowest BCUT2D eigenvalue weighted by atomic mass is 10.0. The molecule has 0 amide bonds. The number of benzene rings is 1. The lowest BCUT2D eigenvalue weighted by Gasteiger charge is -2.12. The van der Waals surface area contributed by atoms with Gasteiger partial charge in [0.1, 0.15) is 4.90 Å². The Morgan fingerprint density at radius 1 is 1.14 bits per heavy atom. The highest BCUT2D eigenvalue weighted by atomic mass is 35.5. The molecule has 4 nitrogen and oxygen atoms in total. The first-order valence-corrected chi connectivity index (χ1v) is 8.80. The molecule has 0 atom stereocenters. The first kappa shape index (κ1) is 17.0. The van der Waals surface area contributed by atoms with Gasteiger partial charge in [-0.2, -0.15) is 0 Å². The van der Waals surface area contributed by atoms with Crippen molar-refractivity contribution in [2.24, 2.45) is 10.8 Å². The summed E-state index contributed by atoms with van der Waals surface area (Å²) in [4.78, 5) is -0.0592. The van der Waals surface area contributed by atoms with Crippen LogP contribution < -0.4 is 4.72 Å². The van der Waals surface area contributed by atoms with Gasteiger partial charge in [-0.1, -0.05) is 50.9 Å². The average Bonchev–Trinajstić information content (AvgIpc) is 2.71. The van der Waals surface area contributed by atoms with Crippen LogP contribution in [0.4, 0.5) is 0 Å². The Morgan fingerprint density at radius 3 is 2.10 bits per heavy atom. The van der Waals surface area contributed by atoms with Gasteiger partial charge >= 0.3 is 0 Å². The summed E-state index contributed by atoms with van der Waals surface area (Å²) in [5, 5.41) is 9.50. The zero-order chi connectivity index (χ0) is 16.2. The molecule has 0 radical (unpaired) electrons. The Kier molecular flexibility index (Phi) is 4.14. The van der Waals surface area contributed by atoms with E-state index in [2.05, 4.69) is 4.72 Å². The lowest BCUT2D eigenvalue weighted by Crippen LogP contribution is -2.30. The number of hydrogen-bond acceptors (Lipinski definition) is 3. The van der Waals surface area contributed by atoms with Gasteiger partial charge in [0.2, 0.25) is 10.0 Å². The van der Waals surface area contributed by atoms with Crippen LogP contribution in [0.25, 0.3) is 0 Å². The van der Waals surface area contributed by atoms with Crippen molar-refractivity contribution in [2.75, 3.05) is 0 Å². The topological polar surface area (TPSA) is 66.4 Å². The SMILES string of the molecule is CC1(C)C(NS(=O)(=O)c2cc(CO)c(Cl)cc2Cl)C1(C)C. The zero-order valence-electron chi connectivity index (χ0n) is 12.4. The number of aliphatic hydroxyl groups excluding tert-OH is 1. The molecule has 0 unspecified atom stereocenters. The normalized spacial score (nSPS) is 20.5. The van der Waals surface area contributed by atoms with Gasteiger partial charge < -0.3 is 5.11 Å². The van der Waals surface area contributed by atoms with Crippen molar-refractivity contribution >= 4 is 33.2 Å². The molecule has 118 valence electrons. The summed E-state index contributed by atoms with van der Waals surface area (Å²) in [5.74, 6) is 0. The highest BCUT2D eigenvalue weighted by Crippen LogP contribution is 2.63. The van der Waals surface area contributed by atoms with Gasteiger partial charge in [-0.25, -0.2) is 13.1 Å². The van der Waals surface area contributed by atoms with E-state index in [1.165, 1.54) is 12.1 Å². The minimum Gasteiger partial charge on any atom is -0.392 e. The third kappa shape index (κ3) is 2.70. The van der Waals surface area contributed by atoms with Crippen molar-refractivity contribution in [1.29, 1.82) is 0 Å². The fourth-order valence-corrected chi connectivity index (χ4v) is 5.00. The van der Waals surface area contributed by atoms with Crippen molar-refractivity contribution in [1.82, 2.24) is 4.72 Å². The summed E-state index contributed by atoms with van der Waals surface area (Å²) in [6.45, 7) is 7.72. The van der Waals surface area contributed by atoms with Crippen LogP contribution in [-0.4, -0.2) is 19.6 Å². The highest BCUT2D eigenvalue weighted by molar-refractivity contribution is 7.89. The molecule has 0 spiro atoms. The zero-order valence-corrected chi connectivity index (χ0v) is 14.7. The van der Waals surface area contributed by atoms with E-state index < -0.39 is 10.0 Å². The molecule has 1 aromatic rings. The number of aliphatic hydroxyl groups is 1. The van der Waals surface area contributed by atoms with Crippen molar-refractivity contribution in [3.8, 4) is 0 Å². The Labute approximate surface area is 135 Å². The summed E-state index contributed by atoms with van der Waals surface area (Å²) >= 11 is 11.9. The van der Waals surface area contributed by atoms with E-state index in [0.29, 0.717) is 5.56 Å². The maximum absolute atomic E-state index is 12.5. The molecule has 1 aliphatic rings. The van der Waals surface area contributed by atoms with Gasteiger partial charge in [-0.05, 0) is 28.5 Å². The van der Waals surface area contributed by atoms with E-state index in [1.807, 2.05) is 27.7 Å². The number of sulfonamides is 1. The van der Waals surface area contributed by atoms with E-state index in [1.54, 1.807) is 0 Å². The van der Waals surface area contributed by atoms with Crippen LogP contribution in [-0.2, 0) is 16.6 Å². The van der Waals surface area contributed by atoms with Crippen LogP contribution in [0, 0.1) is 10.8 Å². The van der Waals surface area contributed by atoms with Crippen LogP contribution in [0.2, 0.25) is 10.0 Å². The van der Waals surface area contributed by atoms with Gasteiger partial charge in [0, 0.05) is 11.1 Å². The predicted molar refractivity (Wildman–Crippen MR) is 84.1 cm³/mol. The number of rotatable bonds is 4. The van der Waals surface area contributed by atoms with Crippen molar-refractivity contribution < 1.29 is 13.5 Å². The van der Waals surface area contributed by atoms with Crippen LogP contribution in [0.5, 0.6) is 0 Å². The number of halogens is 2. The van der Waals surface area contributed by atoms with Gasteiger partial charge in [0.25, 0.3) is 0 Å². The predicted octanol–water partition coefficient (Wildman–Crippen LogP) is 3.20. The molecule has 0 aliphatic heterocycles. The maximum Gasteiger partial charge on any atom is 0.242 e. The first-order valence-electron chi connectivity index (χ1n) is 6.56. The summed E-state index contributed by atoms with van der Waals surface area (Å²) < 4.78 is 27.8. The second kappa shape index (κ2) is 5.10. The van der Waals surface area contributed by atoms with Crippen molar-refractivity contribution in [2.45, 2.75) is 45.2 Å². The molecular formula is C14H19Cl2NO3S. The molecule has 0 bridgehead atoms. The largest absolute Gasteiger partial charge is 0.392 e. The number of nitrogens with one attached hydrogen (secondary N) is 1. The summed E-state index contributed by atoms with van der Waals surface area (Å²) in [5.41, 5.74) is 0.0770. The number of hydrogen-bond donors (Lipinski definition) is 2. The molecule has 0 heterocycles. The van der Waals surface area contributed by atoms with Crippen LogP contribution >= 0.6 is 23.2 Å². The quantitative estimate of drug-likeness (QED) is 0.875. The fourth-order valence-electron chi connectivity index (χ4n) is 2.61. The monoisotopic (exact) mass is 351 g/mol. The first-order chi connectivity index (χ1) is 9.45. The second-order valence-corrected chi connectivity index (χ2v) is 9.03. The second-order valence-electron chi connectivity index (χ2n) is 6.53. The van der Waals surface area contributed by atoms with Gasteiger partial charge in [0.15, 0.2) is 0 Å². The molecule has 7 heteroatoms. The minimum absolute atomic E-state index is 0.0426. The van der Waals surface area contributed by atoms with Gasteiger partial charge in [0.05, 0.1) is 11.6 Å². The molecule has 1 aromatic carbocycles. The lowest BCUT2D eigenvalue weighted by molar-refractivity contribution is 0.281. The van der Waals surface area contributed by atoms with E-state index in [-0.39, 0.29) is 38.4 Å². The molecular weight excluding hydrogens is 333 g/mol. The van der Waals surface area contributed by atoms with Crippen molar-refractivity contribution in [3.63, 3.8) is 0 Å². The molecule has 1 saturated carbocycles. The van der Waals surface area contributed by atoms with Gasteiger partial charge in [-0.3, -0.25) is 0 Å². The van der Waals surface area contributed by atoms with Crippen molar-refractivity contribution in [3.05, 3.63) is 27.7 Å². The smallest absolute Gasteiger partial charge is 0.242 e. The highest BCUT2D eigenvalue weighted by Gasteiger charge is 2.66. The summed E-state index contributed by atoms with van der Waals surface area (Å²) in [6, 6.07) is 2.49. The Morgan fingerprint density at radius 2 is 1.67 bits per heavy atom. The Bertz CT molecular complexity index is 670. The van der Waals surface area contributed by atoms with E-state index in [9.17, 15) is 13.5 Å². The third-order valence-corrected chi connectivity index (χ3v) is 7.09. The van der Waals surface area contributed by atoms with E-state index >= 15 is 0 Å². The average molecular weight is 352 g/mol. The molecule has 21 heavy (non-hydrogen) atoms. The molecule has 0 saturated heterocycles. The molecule has 2 rings (SSSR count).